The molecule has 0 aromatic rings. The van der Waals surface area contributed by atoms with Crippen molar-refractivity contribution in [3.8, 4) is 0 Å². The number of amides is 1. The van der Waals surface area contributed by atoms with Crippen molar-refractivity contribution in [2.24, 2.45) is 4.36 Å². The molecule has 7 heteroatoms. The van der Waals surface area contributed by atoms with Crippen LogP contribution in [-0.2, 0) is 10.5 Å². The highest BCUT2D eigenvalue weighted by Crippen LogP contribution is 1.96. The second kappa shape index (κ2) is 7.69. The third-order valence-electron chi connectivity index (χ3n) is 1.36. The molecular formula is C6H12N2O4S. The molecule has 1 amide bonds. The highest BCUT2D eigenvalue weighted by atomic mass is 32.2. The van der Waals surface area contributed by atoms with Crippen molar-refractivity contribution in [3.05, 3.63) is 0 Å². The molecule has 0 aliphatic carbocycles. The zero-order valence-corrected chi connectivity index (χ0v) is 7.88. The lowest BCUT2D eigenvalue weighted by Crippen LogP contribution is -2.21. The summed E-state index contributed by atoms with van der Waals surface area (Å²) in [6.45, 7) is 2.50. The van der Waals surface area contributed by atoms with E-state index >= 15 is 0 Å². The predicted molar refractivity (Wildman–Crippen MR) is 46.1 cm³/mol. The third kappa shape index (κ3) is 11.0. The van der Waals surface area contributed by atoms with Crippen molar-refractivity contribution in [1.82, 2.24) is 5.32 Å². The van der Waals surface area contributed by atoms with Gasteiger partial charge in [-0.05, 0) is 25.9 Å². The summed E-state index contributed by atoms with van der Waals surface area (Å²) in [5, 5.41) is 10.8. The van der Waals surface area contributed by atoms with E-state index in [1.165, 1.54) is 32.4 Å². The molecule has 6 nitrogen and oxygen atoms in total. The Kier molecular flexibility index (Phi) is 7.12. The topological polar surface area (TPSA) is 95.8 Å². The largest absolute Gasteiger partial charge is 0.463 e. The van der Waals surface area contributed by atoms with Crippen LogP contribution < -0.4 is 5.32 Å². The van der Waals surface area contributed by atoms with Crippen LogP contribution in [0, 0.1) is 0 Å². The van der Waals surface area contributed by atoms with Crippen molar-refractivity contribution in [3.63, 3.8) is 0 Å². The molecule has 0 atom stereocenters. The zero-order valence-electron chi connectivity index (χ0n) is 7.06. The van der Waals surface area contributed by atoms with Crippen LogP contribution in [0.3, 0.4) is 0 Å². The van der Waals surface area contributed by atoms with E-state index in [4.69, 9.17) is 5.11 Å². The van der Waals surface area contributed by atoms with Crippen molar-refractivity contribution < 1.29 is 18.3 Å². The van der Waals surface area contributed by atoms with Gasteiger partial charge in [-0.1, -0.05) is 10.8 Å². The Balaban J connectivity index is 0.000000223. The Bertz CT molecular complexity index is 249. The lowest BCUT2D eigenvalue weighted by atomic mass is 10.2. The van der Waals surface area contributed by atoms with Crippen molar-refractivity contribution >= 4 is 16.6 Å². The summed E-state index contributed by atoms with van der Waals surface area (Å²) in [5.41, 5.74) is 0. The van der Waals surface area contributed by atoms with Gasteiger partial charge in [0.2, 0.25) is 0 Å². The van der Waals surface area contributed by atoms with Crippen LogP contribution in [0.15, 0.2) is 4.36 Å². The van der Waals surface area contributed by atoms with Gasteiger partial charge in [0.15, 0.2) is 0 Å². The van der Waals surface area contributed by atoms with Gasteiger partial charge < -0.3 is 10.4 Å². The molecule has 0 aromatic carbocycles. The van der Waals surface area contributed by atoms with E-state index in [0.717, 1.165) is 0 Å². The fourth-order valence-corrected chi connectivity index (χ4v) is 0.993. The van der Waals surface area contributed by atoms with Crippen LogP contribution in [0.4, 0.5) is 4.79 Å². The first kappa shape index (κ1) is 12.0. The van der Waals surface area contributed by atoms with Crippen LogP contribution in [0.25, 0.3) is 0 Å². The molecule has 0 unspecified atom stereocenters. The minimum atomic E-state index is -2.82. The number of piperidine rings is 1. The summed E-state index contributed by atoms with van der Waals surface area (Å²) in [6.07, 6.45) is 2.51. The van der Waals surface area contributed by atoms with Crippen LogP contribution >= 0.6 is 0 Å². The van der Waals surface area contributed by atoms with Crippen molar-refractivity contribution in [2.45, 2.75) is 19.3 Å². The average molecular weight is 208 g/mol. The SMILES string of the molecule is C1CCNCC1.O=C(O)N=S(=O)=O. The molecule has 0 bridgehead atoms. The van der Waals surface area contributed by atoms with Crippen molar-refractivity contribution in [2.75, 3.05) is 13.1 Å². The van der Waals surface area contributed by atoms with Crippen LogP contribution in [0.2, 0.25) is 0 Å². The van der Waals surface area contributed by atoms with E-state index in [0.29, 0.717) is 0 Å². The first-order valence-corrected chi connectivity index (χ1v) is 4.91. The first-order chi connectivity index (χ1) is 6.13. The maximum atomic E-state index is 9.26. The van der Waals surface area contributed by atoms with E-state index in [9.17, 15) is 13.2 Å². The molecule has 1 fully saturated rings. The molecule has 13 heavy (non-hydrogen) atoms. The lowest BCUT2D eigenvalue weighted by molar-refractivity contribution is 0.206. The fraction of sp³-hybridized carbons (Fsp3) is 0.833. The van der Waals surface area contributed by atoms with E-state index < -0.39 is 16.6 Å². The first-order valence-electron chi connectivity index (χ1n) is 3.87. The molecule has 0 aromatic heterocycles. The molecule has 0 radical (unpaired) electrons. The number of hydrogen-bond donors (Lipinski definition) is 2. The average Bonchev–Trinajstić information content (AvgIpc) is 2.06. The number of carbonyl (C=O) groups is 1. The van der Waals surface area contributed by atoms with Crippen LogP contribution in [0.1, 0.15) is 19.3 Å². The molecule has 0 saturated carbocycles. The van der Waals surface area contributed by atoms with E-state index in [2.05, 4.69) is 9.68 Å². The monoisotopic (exact) mass is 208 g/mol. The lowest BCUT2D eigenvalue weighted by Gasteiger charge is -2.08. The normalized spacial score (nSPS) is 15.1. The highest BCUT2D eigenvalue weighted by molar-refractivity contribution is 7.62. The Morgan fingerprint density at radius 3 is 1.85 bits per heavy atom. The van der Waals surface area contributed by atoms with E-state index in [1.54, 1.807) is 0 Å². The Hall–Kier alpha value is -0.950. The third-order valence-corrected chi connectivity index (χ3v) is 1.66. The summed E-state index contributed by atoms with van der Waals surface area (Å²) in [7, 11) is -2.82. The van der Waals surface area contributed by atoms with E-state index in [-0.39, 0.29) is 0 Å². The summed E-state index contributed by atoms with van der Waals surface area (Å²) in [6, 6.07) is 0. The second-order valence-corrected chi connectivity index (χ2v) is 3.02. The number of carboxylic acid groups (broad SMARTS) is 1. The molecular weight excluding hydrogens is 196 g/mol. The van der Waals surface area contributed by atoms with Gasteiger partial charge in [-0.3, -0.25) is 0 Å². The van der Waals surface area contributed by atoms with Crippen LogP contribution in [-0.4, -0.2) is 32.7 Å². The minimum Gasteiger partial charge on any atom is -0.463 e. The summed E-state index contributed by atoms with van der Waals surface area (Å²) >= 11 is 0. The molecule has 1 aliphatic rings. The van der Waals surface area contributed by atoms with Gasteiger partial charge in [-0.2, -0.15) is 8.42 Å². The number of nitrogens with one attached hydrogen (secondary N) is 1. The summed E-state index contributed by atoms with van der Waals surface area (Å²) in [5.74, 6) is 0. The molecule has 0 spiro atoms. The molecule has 1 rings (SSSR count). The van der Waals surface area contributed by atoms with E-state index in [1.807, 2.05) is 0 Å². The van der Waals surface area contributed by atoms with Crippen LogP contribution in [0.5, 0.6) is 0 Å². The summed E-state index contributed by atoms with van der Waals surface area (Å²) in [4.78, 5) is 9.25. The van der Waals surface area contributed by atoms with Gasteiger partial charge in [0.1, 0.15) is 0 Å². The van der Waals surface area contributed by atoms with Gasteiger partial charge in [0.05, 0.1) is 0 Å². The van der Waals surface area contributed by atoms with Gasteiger partial charge >= 0.3 is 16.6 Å². The van der Waals surface area contributed by atoms with Gasteiger partial charge in [0, 0.05) is 0 Å². The maximum absolute atomic E-state index is 9.26. The second-order valence-electron chi connectivity index (χ2n) is 2.40. The number of hydrogen-bond acceptors (Lipinski definition) is 4. The quantitative estimate of drug-likeness (QED) is 0.603. The number of nitrogens with zero attached hydrogens (tertiary/aromatic N) is 1. The Labute approximate surface area is 77.7 Å². The molecule has 1 heterocycles. The Morgan fingerprint density at radius 1 is 1.23 bits per heavy atom. The standard InChI is InChI=1S/C5H11N.CHNO4S/c1-2-4-6-5-3-1;3-1(4)2-7(5)6/h6H,1-5H2;(H,3,4). The van der Waals surface area contributed by atoms with Gasteiger partial charge in [-0.25, -0.2) is 4.79 Å². The predicted octanol–water partition coefficient (Wildman–Crippen LogP) is 0.487. The van der Waals surface area contributed by atoms with Gasteiger partial charge in [0.25, 0.3) is 0 Å². The molecule has 1 saturated heterocycles. The smallest absolute Gasteiger partial charge is 0.446 e. The number of rotatable bonds is 0. The van der Waals surface area contributed by atoms with Gasteiger partial charge in [-0.15, -0.1) is 0 Å². The minimum absolute atomic E-state index is 1.25. The maximum Gasteiger partial charge on any atom is 0.446 e. The fourth-order valence-electron chi connectivity index (χ4n) is 0.866. The molecule has 2 N–H and O–H groups in total. The Morgan fingerprint density at radius 2 is 1.77 bits per heavy atom. The molecule has 76 valence electrons. The highest BCUT2D eigenvalue weighted by Gasteiger charge is 1.93. The van der Waals surface area contributed by atoms with Crippen molar-refractivity contribution in [1.29, 1.82) is 0 Å². The molecule has 1 aliphatic heterocycles. The zero-order chi connectivity index (χ0) is 10.1. The summed E-state index contributed by atoms with van der Waals surface area (Å²) < 4.78 is 20.6.